The van der Waals surface area contributed by atoms with E-state index in [4.69, 9.17) is 4.74 Å². The average Bonchev–Trinajstić information content (AvgIpc) is 2.93. The topological polar surface area (TPSA) is 92.9 Å². The van der Waals surface area contributed by atoms with Crippen molar-refractivity contribution < 1.29 is 24.0 Å². The second-order valence-electron chi connectivity index (χ2n) is 7.57. The molecule has 7 nitrogen and oxygen atoms in total. The quantitative estimate of drug-likeness (QED) is 0.637. The van der Waals surface area contributed by atoms with Crippen LogP contribution in [0.25, 0.3) is 0 Å². The first-order valence-corrected chi connectivity index (χ1v) is 8.57. The Balaban J connectivity index is 2.18. The normalized spacial score (nSPS) is 22.7. The first-order chi connectivity index (χ1) is 12.1. The fourth-order valence-corrected chi connectivity index (χ4v) is 3.10. The number of benzene rings is 1. The number of alkyl halides is 1. The predicted molar refractivity (Wildman–Crippen MR) is 93.2 cm³/mol. The largest absolute Gasteiger partial charge is 0.444 e. The molecule has 0 aliphatic carbocycles. The molecule has 0 saturated carbocycles. The van der Waals surface area contributed by atoms with Crippen molar-refractivity contribution in [2.24, 2.45) is 0 Å². The number of nitrogens with zero attached hydrogens (tertiary/aromatic N) is 2. The molecule has 1 fully saturated rings. The van der Waals surface area contributed by atoms with Gasteiger partial charge in [-0.2, -0.15) is 0 Å². The van der Waals surface area contributed by atoms with Gasteiger partial charge in [0.15, 0.2) is 0 Å². The summed E-state index contributed by atoms with van der Waals surface area (Å²) in [5.41, 5.74) is -0.0973. The Hall–Kier alpha value is -2.22. The lowest BCUT2D eigenvalue weighted by Crippen LogP contribution is -2.51. The maximum Gasteiger partial charge on any atom is 0.410 e. The minimum absolute atomic E-state index is 0.00931. The highest BCUT2D eigenvalue weighted by molar-refractivity contribution is 5.69. The van der Waals surface area contributed by atoms with Gasteiger partial charge in [-0.1, -0.05) is 30.3 Å². The summed E-state index contributed by atoms with van der Waals surface area (Å²) in [5.74, 6) is 0. The van der Waals surface area contributed by atoms with Gasteiger partial charge in [-0.3, -0.25) is 15.0 Å². The van der Waals surface area contributed by atoms with E-state index in [9.17, 15) is 24.4 Å². The van der Waals surface area contributed by atoms with Crippen molar-refractivity contribution >= 4 is 6.09 Å². The molecule has 1 N–H and O–H groups in total. The number of nitro groups is 1. The number of hydrogen-bond donors (Lipinski definition) is 1. The standard InChI is InChI=1S/C18H25FN2O5/c1-18(2,3)26-17(23)20-11-13(19)10-14(20)16(22)15(21(24)25)9-12-7-5-4-6-8-12/h4-8,13-16,22H,9-11H2,1-3H3. The summed E-state index contributed by atoms with van der Waals surface area (Å²) < 4.78 is 19.2. The highest BCUT2D eigenvalue weighted by Crippen LogP contribution is 2.28. The van der Waals surface area contributed by atoms with Crippen molar-refractivity contribution in [1.29, 1.82) is 0 Å². The summed E-state index contributed by atoms with van der Waals surface area (Å²) in [7, 11) is 0. The maximum atomic E-state index is 13.9. The number of halogens is 1. The molecule has 26 heavy (non-hydrogen) atoms. The van der Waals surface area contributed by atoms with Crippen molar-refractivity contribution in [2.45, 2.75) is 63.6 Å². The first-order valence-electron chi connectivity index (χ1n) is 8.57. The van der Waals surface area contributed by atoms with Crippen LogP contribution in [0.4, 0.5) is 9.18 Å². The third kappa shape index (κ3) is 5.14. The molecule has 1 saturated heterocycles. The van der Waals surface area contributed by atoms with E-state index in [-0.39, 0.29) is 19.4 Å². The van der Waals surface area contributed by atoms with E-state index in [0.717, 1.165) is 4.90 Å². The zero-order valence-corrected chi connectivity index (χ0v) is 15.2. The van der Waals surface area contributed by atoms with Crippen LogP contribution in [0.2, 0.25) is 0 Å². The minimum atomic E-state index is -1.50. The van der Waals surface area contributed by atoms with Gasteiger partial charge in [0.25, 0.3) is 0 Å². The molecule has 0 radical (unpaired) electrons. The summed E-state index contributed by atoms with van der Waals surface area (Å²) >= 11 is 0. The fraction of sp³-hybridized carbons (Fsp3) is 0.611. The molecule has 1 aliphatic heterocycles. The maximum absolute atomic E-state index is 13.9. The van der Waals surface area contributed by atoms with Crippen LogP contribution in [-0.2, 0) is 11.2 Å². The number of amides is 1. The number of likely N-dealkylation sites (tertiary alicyclic amines) is 1. The molecular weight excluding hydrogens is 343 g/mol. The lowest BCUT2D eigenvalue weighted by molar-refractivity contribution is -0.535. The van der Waals surface area contributed by atoms with Crippen molar-refractivity contribution in [2.75, 3.05) is 6.54 Å². The number of carbonyl (C=O) groups excluding carboxylic acids is 1. The second-order valence-corrected chi connectivity index (χ2v) is 7.57. The Morgan fingerprint density at radius 2 is 2.04 bits per heavy atom. The Kier molecular flexibility index (Phi) is 6.17. The van der Waals surface area contributed by atoms with E-state index in [2.05, 4.69) is 0 Å². The molecule has 1 aromatic carbocycles. The van der Waals surface area contributed by atoms with E-state index in [1.807, 2.05) is 0 Å². The van der Waals surface area contributed by atoms with Crippen LogP contribution >= 0.6 is 0 Å². The van der Waals surface area contributed by atoms with Crippen molar-refractivity contribution in [3.63, 3.8) is 0 Å². The number of carbonyl (C=O) groups is 1. The Labute approximate surface area is 151 Å². The van der Waals surface area contributed by atoms with Gasteiger partial charge in [-0.15, -0.1) is 0 Å². The van der Waals surface area contributed by atoms with Crippen molar-refractivity contribution in [1.82, 2.24) is 4.90 Å². The molecule has 0 aromatic heterocycles. The smallest absolute Gasteiger partial charge is 0.410 e. The molecule has 1 aromatic rings. The fourth-order valence-electron chi connectivity index (χ4n) is 3.10. The van der Waals surface area contributed by atoms with Gasteiger partial charge in [0, 0.05) is 17.8 Å². The monoisotopic (exact) mass is 368 g/mol. The summed E-state index contributed by atoms with van der Waals surface area (Å²) in [4.78, 5) is 24.3. The predicted octanol–water partition coefficient (Wildman–Crippen LogP) is 2.58. The van der Waals surface area contributed by atoms with Crippen LogP contribution in [0.1, 0.15) is 32.8 Å². The Morgan fingerprint density at radius 1 is 1.42 bits per heavy atom. The SMILES string of the molecule is CC(C)(C)OC(=O)N1CC(F)CC1C(O)C(Cc1ccccc1)[N+](=O)[O-]. The highest BCUT2D eigenvalue weighted by atomic mass is 19.1. The van der Waals surface area contributed by atoms with E-state index in [1.54, 1.807) is 51.1 Å². The molecule has 0 spiro atoms. The number of hydrogen-bond acceptors (Lipinski definition) is 5. The van der Waals surface area contributed by atoms with Gasteiger partial charge in [-0.05, 0) is 26.3 Å². The lowest BCUT2D eigenvalue weighted by atomic mass is 9.95. The van der Waals surface area contributed by atoms with Gasteiger partial charge in [0.05, 0.1) is 12.6 Å². The zero-order chi connectivity index (χ0) is 19.5. The van der Waals surface area contributed by atoms with Crippen LogP contribution in [0.5, 0.6) is 0 Å². The number of aliphatic hydroxyl groups excluding tert-OH is 1. The second kappa shape index (κ2) is 7.99. The molecule has 2 rings (SSSR count). The van der Waals surface area contributed by atoms with E-state index in [1.165, 1.54) is 0 Å². The van der Waals surface area contributed by atoms with Crippen LogP contribution < -0.4 is 0 Å². The van der Waals surface area contributed by atoms with Gasteiger partial charge < -0.3 is 9.84 Å². The Bertz CT molecular complexity index is 634. The summed E-state index contributed by atoms with van der Waals surface area (Å²) in [6, 6.07) is 6.38. The summed E-state index contributed by atoms with van der Waals surface area (Å²) in [6.45, 7) is 4.78. The molecule has 1 heterocycles. The lowest BCUT2D eigenvalue weighted by Gasteiger charge is -2.31. The van der Waals surface area contributed by atoms with E-state index in [0.29, 0.717) is 5.56 Å². The molecular formula is C18H25FN2O5. The first kappa shape index (κ1) is 20.1. The van der Waals surface area contributed by atoms with Crippen LogP contribution in [0.3, 0.4) is 0 Å². The molecule has 8 heteroatoms. The van der Waals surface area contributed by atoms with Crippen LogP contribution in [-0.4, -0.2) is 57.5 Å². The molecule has 144 valence electrons. The summed E-state index contributed by atoms with van der Waals surface area (Å²) in [5, 5.41) is 22.1. The molecule has 0 bridgehead atoms. The van der Waals surface area contributed by atoms with Gasteiger partial charge in [0.2, 0.25) is 6.04 Å². The van der Waals surface area contributed by atoms with Gasteiger partial charge in [-0.25, -0.2) is 9.18 Å². The van der Waals surface area contributed by atoms with Gasteiger partial charge >= 0.3 is 6.09 Å². The van der Waals surface area contributed by atoms with Crippen LogP contribution in [0.15, 0.2) is 30.3 Å². The Morgan fingerprint density at radius 3 is 2.58 bits per heavy atom. The third-order valence-electron chi connectivity index (χ3n) is 4.27. The van der Waals surface area contributed by atoms with E-state index < -0.39 is 41.0 Å². The number of ether oxygens (including phenoxy) is 1. The molecule has 4 atom stereocenters. The molecule has 1 aliphatic rings. The number of rotatable bonds is 5. The average molecular weight is 368 g/mol. The van der Waals surface area contributed by atoms with E-state index >= 15 is 0 Å². The molecule has 1 amide bonds. The zero-order valence-electron chi connectivity index (χ0n) is 15.2. The summed E-state index contributed by atoms with van der Waals surface area (Å²) in [6.07, 6.45) is -3.79. The highest BCUT2D eigenvalue weighted by Gasteiger charge is 2.47. The van der Waals surface area contributed by atoms with Crippen molar-refractivity contribution in [3.8, 4) is 0 Å². The van der Waals surface area contributed by atoms with Gasteiger partial charge in [0.1, 0.15) is 17.9 Å². The van der Waals surface area contributed by atoms with Crippen LogP contribution in [0, 0.1) is 10.1 Å². The molecule has 4 unspecified atom stereocenters. The van der Waals surface area contributed by atoms with Crippen molar-refractivity contribution in [3.05, 3.63) is 46.0 Å². The minimum Gasteiger partial charge on any atom is -0.444 e. The third-order valence-corrected chi connectivity index (χ3v) is 4.27. The number of aliphatic hydroxyl groups is 1.